The fourth-order valence-electron chi connectivity index (χ4n) is 2.26. The Labute approximate surface area is 162 Å². The lowest BCUT2D eigenvalue weighted by Gasteiger charge is -2.22. The van der Waals surface area contributed by atoms with Crippen LogP contribution in [0.15, 0.2) is 24.3 Å². The molecule has 0 aliphatic carbocycles. The third-order valence-electron chi connectivity index (χ3n) is 3.68. The fourth-order valence-corrected chi connectivity index (χ4v) is 2.26. The molecule has 0 bridgehead atoms. The molecule has 0 aliphatic rings. The van der Waals surface area contributed by atoms with Crippen LogP contribution in [0.2, 0.25) is 0 Å². The minimum atomic E-state index is -0.664. The van der Waals surface area contributed by atoms with Gasteiger partial charge in [-0.05, 0) is 37.6 Å². The Bertz CT molecular complexity index is 600. The minimum Gasteiger partial charge on any atom is -0.461 e. The second-order valence-corrected chi connectivity index (χ2v) is 6.21. The zero-order chi connectivity index (χ0) is 21.0. The van der Waals surface area contributed by atoms with E-state index in [-0.39, 0.29) is 36.4 Å². The first-order valence-electron chi connectivity index (χ1n) is 9.25. The van der Waals surface area contributed by atoms with Crippen molar-refractivity contribution in [2.45, 2.75) is 60.2 Å². The van der Waals surface area contributed by atoms with Gasteiger partial charge in [0.05, 0.1) is 6.04 Å². The molecule has 7 nitrogen and oxygen atoms in total. The Hall–Kier alpha value is -2.41. The van der Waals surface area contributed by atoms with E-state index in [1.54, 1.807) is 38.2 Å². The van der Waals surface area contributed by atoms with Crippen LogP contribution in [0, 0.1) is 5.92 Å². The van der Waals surface area contributed by atoms with Crippen molar-refractivity contribution >= 4 is 23.5 Å². The van der Waals surface area contributed by atoms with E-state index in [9.17, 15) is 14.4 Å². The highest BCUT2D eigenvalue weighted by atomic mass is 16.5. The highest BCUT2D eigenvalue weighted by Gasteiger charge is 2.23. The molecule has 2 atom stereocenters. The predicted octanol–water partition coefficient (Wildman–Crippen LogP) is 2.46. The first-order chi connectivity index (χ1) is 12.7. The van der Waals surface area contributed by atoms with Gasteiger partial charge in [-0.2, -0.15) is 0 Å². The maximum absolute atomic E-state index is 12.2. The molecule has 7 heteroatoms. The average Bonchev–Trinajstić information content (AvgIpc) is 2.62. The predicted molar refractivity (Wildman–Crippen MR) is 107 cm³/mol. The molecule has 0 radical (unpaired) electrons. The SMILES string of the molecule is CC.CNC(C(=O)N[C@@H](C)C(=O)Nc1ccc(COC(C)=O)cc1)C(C)C. The number of likely N-dealkylation sites (N-methyl/N-ethyl adjacent to an activating group) is 1. The van der Waals surface area contributed by atoms with Crippen molar-refractivity contribution in [1.82, 2.24) is 10.6 Å². The van der Waals surface area contributed by atoms with E-state index >= 15 is 0 Å². The molecule has 1 rings (SSSR count). The lowest BCUT2D eigenvalue weighted by Crippen LogP contribution is -2.51. The van der Waals surface area contributed by atoms with Crippen LogP contribution in [-0.4, -0.2) is 36.9 Å². The van der Waals surface area contributed by atoms with E-state index in [0.717, 1.165) is 5.56 Å². The van der Waals surface area contributed by atoms with Gasteiger partial charge in [0.1, 0.15) is 12.6 Å². The van der Waals surface area contributed by atoms with Crippen molar-refractivity contribution in [2.75, 3.05) is 12.4 Å². The molecule has 27 heavy (non-hydrogen) atoms. The molecule has 3 N–H and O–H groups in total. The summed E-state index contributed by atoms with van der Waals surface area (Å²) in [5.74, 6) is -0.746. The smallest absolute Gasteiger partial charge is 0.302 e. The van der Waals surface area contributed by atoms with Gasteiger partial charge in [-0.25, -0.2) is 0 Å². The van der Waals surface area contributed by atoms with Gasteiger partial charge in [0.15, 0.2) is 0 Å². The first-order valence-corrected chi connectivity index (χ1v) is 9.25. The largest absolute Gasteiger partial charge is 0.461 e. The minimum absolute atomic E-state index is 0.116. The number of hydrogen-bond acceptors (Lipinski definition) is 5. The van der Waals surface area contributed by atoms with E-state index in [1.807, 2.05) is 27.7 Å². The monoisotopic (exact) mass is 379 g/mol. The Kier molecular flexibility index (Phi) is 11.7. The molecule has 0 heterocycles. The van der Waals surface area contributed by atoms with E-state index < -0.39 is 6.04 Å². The van der Waals surface area contributed by atoms with Gasteiger partial charge in [-0.1, -0.05) is 39.8 Å². The zero-order valence-electron chi connectivity index (χ0n) is 17.4. The van der Waals surface area contributed by atoms with Gasteiger partial charge in [-0.3, -0.25) is 14.4 Å². The normalized spacial score (nSPS) is 12.3. The van der Waals surface area contributed by atoms with Crippen LogP contribution in [0.3, 0.4) is 0 Å². The van der Waals surface area contributed by atoms with Gasteiger partial charge >= 0.3 is 5.97 Å². The highest BCUT2D eigenvalue weighted by Crippen LogP contribution is 2.11. The fraction of sp³-hybridized carbons (Fsp3) is 0.550. The number of esters is 1. The molecule has 0 aliphatic heterocycles. The maximum Gasteiger partial charge on any atom is 0.302 e. The Morgan fingerprint density at radius 3 is 2.00 bits per heavy atom. The number of carbonyl (C=O) groups is 3. The van der Waals surface area contributed by atoms with Crippen molar-refractivity contribution in [3.8, 4) is 0 Å². The standard InChI is InChI=1S/C18H27N3O4.C2H6/c1-11(2)16(19-5)18(24)20-12(3)17(23)21-15-8-6-14(7-9-15)10-25-13(4)22;1-2/h6-9,11-12,16,19H,10H2,1-5H3,(H,20,24)(H,21,23);1-2H3/t12-,16?;/m0./s1. The topological polar surface area (TPSA) is 96.5 Å². The number of carbonyl (C=O) groups excluding carboxylic acids is 3. The molecule has 1 aromatic rings. The van der Waals surface area contributed by atoms with Crippen LogP contribution in [0.1, 0.15) is 47.1 Å². The molecule has 0 spiro atoms. The second kappa shape index (κ2) is 12.9. The van der Waals surface area contributed by atoms with E-state index in [2.05, 4.69) is 16.0 Å². The van der Waals surface area contributed by atoms with Gasteiger partial charge in [-0.15, -0.1) is 0 Å². The number of nitrogens with one attached hydrogen (secondary N) is 3. The molecule has 0 aromatic heterocycles. The Morgan fingerprint density at radius 1 is 1.00 bits per heavy atom. The van der Waals surface area contributed by atoms with E-state index in [4.69, 9.17) is 4.74 Å². The quantitative estimate of drug-likeness (QED) is 0.603. The van der Waals surface area contributed by atoms with Gasteiger partial charge in [0.25, 0.3) is 0 Å². The van der Waals surface area contributed by atoms with Gasteiger partial charge in [0.2, 0.25) is 11.8 Å². The summed E-state index contributed by atoms with van der Waals surface area (Å²) in [7, 11) is 1.71. The molecule has 1 aromatic carbocycles. The number of amides is 2. The van der Waals surface area contributed by atoms with Gasteiger partial charge < -0.3 is 20.7 Å². The number of benzene rings is 1. The molecule has 0 saturated heterocycles. The summed E-state index contributed by atoms with van der Waals surface area (Å²) >= 11 is 0. The average molecular weight is 380 g/mol. The second-order valence-electron chi connectivity index (χ2n) is 6.21. The summed E-state index contributed by atoms with van der Waals surface area (Å²) in [6.45, 7) is 11.0. The summed E-state index contributed by atoms with van der Waals surface area (Å²) in [6, 6.07) is 5.94. The van der Waals surface area contributed by atoms with Crippen molar-refractivity contribution in [3.63, 3.8) is 0 Å². The zero-order valence-corrected chi connectivity index (χ0v) is 17.4. The molecule has 0 fully saturated rings. The molecule has 1 unspecified atom stereocenters. The van der Waals surface area contributed by atoms with Crippen LogP contribution in [-0.2, 0) is 25.7 Å². The van der Waals surface area contributed by atoms with E-state index in [0.29, 0.717) is 5.69 Å². The number of rotatable bonds is 8. The molecule has 2 amide bonds. The van der Waals surface area contributed by atoms with Crippen LogP contribution in [0.25, 0.3) is 0 Å². The lowest BCUT2D eigenvalue weighted by molar-refractivity contribution is -0.142. The third kappa shape index (κ3) is 9.19. The van der Waals surface area contributed by atoms with Crippen molar-refractivity contribution in [1.29, 1.82) is 0 Å². The summed E-state index contributed by atoms with van der Waals surface area (Å²) in [6.07, 6.45) is 0. The first kappa shape index (κ1) is 24.6. The van der Waals surface area contributed by atoms with Crippen LogP contribution in [0.5, 0.6) is 0 Å². The maximum atomic E-state index is 12.2. The number of ether oxygens (including phenoxy) is 1. The lowest BCUT2D eigenvalue weighted by atomic mass is 10.0. The van der Waals surface area contributed by atoms with Crippen LogP contribution >= 0.6 is 0 Å². The number of anilines is 1. The Balaban J connectivity index is 0.00000326. The summed E-state index contributed by atoms with van der Waals surface area (Å²) in [4.78, 5) is 35.2. The summed E-state index contributed by atoms with van der Waals surface area (Å²) < 4.78 is 4.90. The van der Waals surface area contributed by atoms with Gasteiger partial charge in [0, 0.05) is 12.6 Å². The molecule has 0 saturated carbocycles. The molecular formula is C20H33N3O4. The molecule has 152 valence electrons. The number of hydrogen-bond donors (Lipinski definition) is 3. The molecular weight excluding hydrogens is 346 g/mol. The van der Waals surface area contributed by atoms with Crippen LogP contribution < -0.4 is 16.0 Å². The third-order valence-corrected chi connectivity index (χ3v) is 3.68. The van der Waals surface area contributed by atoms with E-state index in [1.165, 1.54) is 6.92 Å². The van der Waals surface area contributed by atoms with Crippen molar-refractivity contribution in [3.05, 3.63) is 29.8 Å². The van der Waals surface area contributed by atoms with Crippen LogP contribution in [0.4, 0.5) is 5.69 Å². The summed E-state index contributed by atoms with van der Waals surface area (Å²) in [5, 5.41) is 8.39. The van der Waals surface area contributed by atoms with Crippen molar-refractivity contribution < 1.29 is 19.1 Å². The highest BCUT2D eigenvalue weighted by molar-refractivity contribution is 5.97. The van der Waals surface area contributed by atoms with Crippen molar-refractivity contribution in [2.24, 2.45) is 5.92 Å². The summed E-state index contributed by atoms with van der Waals surface area (Å²) in [5.41, 5.74) is 1.43. The Morgan fingerprint density at radius 2 is 1.56 bits per heavy atom.